The third-order valence-electron chi connectivity index (χ3n) is 5.13. The summed E-state index contributed by atoms with van der Waals surface area (Å²) in [7, 11) is -3.05. The van der Waals surface area contributed by atoms with Crippen molar-refractivity contribution >= 4 is 10.0 Å². The summed E-state index contributed by atoms with van der Waals surface area (Å²) in [5.74, 6) is 1.78. The summed E-state index contributed by atoms with van der Waals surface area (Å²) in [4.78, 5) is 2.52. The number of hydrogen-bond donors (Lipinski definition) is 1. The first kappa shape index (κ1) is 17.2. The number of sulfonamides is 1. The first-order valence-corrected chi connectivity index (χ1v) is 10.0. The van der Waals surface area contributed by atoms with E-state index in [1.165, 1.54) is 12.7 Å². The number of piperidine rings is 2. The predicted octanol–water partition coefficient (Wildman–Crippen LogP) is 0.963. The Morgan fingerprint density at radius 3 is 2.57 bits per heavy atom. The van der Waals surface area contributed by atoms with Gasteiger partial charge in [-0.05, 0) is 37.0 Å². The number of likely N-dealkylation sites (tertiary alicyclic amines) is 1. The maximum absolute atomic E-state index is 11.7. The van der Waals surface area contributed by atoms with Crippen molar-refractivity contribution < 1.29 is 8.42 Å². The van der Waals surface area contributed by atoms with E-state index in [0.29, 0.717) is 43.4 Å². The van der Waals surface area contributed by atoms with Crippen LogP contribution in [-0.4, -0.2) is 62.6 Å². The molecule has 4 atom stereocenters. The molecule has 2 aliphatic heterocycles. The summed E-state index contributed by atoms with van der Waals surface area (Å²) in [6, 6.07) is 0.454. The second kappa shape index (κ2) is 6.94. The van der Waals surface area contributed by atoms with Crippen LogP contribution in [0.4, 0.5) is 0 Å². The van der Waals surface area contributed by atoms with E-state index >= 15 is 0 Å². The topological polar surface area (TPSA) is 66.6 Å². The standard InChI is InChI=1S/C15H31N3O2S/c1-12-7-13(2)15(8-16)17(9-12)10-14-5-4-6-18(11-14)21(3,19)20/h12-15H,4-11,16H2,1-3H3. The Hall–Kier alpha value is -0.170. The summed E-state index contributed by atoms with van der Waals surface area (Å²) >= 11 is 0. The molecule has 0 amide bonds. The number of nitrogens with zero attached hydrogens (tertiary/aromatic N) is 2. The van der Waals surface area contributed by atoms with Crippen LogP contribution in [0, 0.1) is 17.8 Å². The average molecular weight is 317 g/mol. The Morgan fingerprint density at radius 1 is 1.24 bits per heavy atom. The van der Waals surface area contributed by atoms with Gasteiger partial charge in [0.15, 0.2) is 0 Å². The Kier molecular flexibility index (Phi) is 5.68. The summed E-state index contributed by atoms with van der Waals surface area (Å²) < 4.78 is 25.1. The minimum Gasteiger partial charge on any atom is -0.329 e. The number of hydrogen-bond acceptors (Lipinski definition) is 4. The molecule has 2 rings (SSSR count). The van der Waals surface area contributed by atoms with E-state index in [9.17, 15) is 8.42 Å². The molecule has 0 saturated carbocycles. The van der Waals surface area contributed by atoms with Gasteiger partial charge in [0.25, 0.3) is 0 Å². The monoisotopic (exact) mass is 317 g/mol. The maximum atomic E-state index is 11.7. The van der Waals surface area contributed by atoms with Crippen LogP contribution >= 0.6 is 0 Å². The van der Waals surface area contributed by atoms with Crippen LogP contribution in [0.25, 0.3) is 0 Å². The van der Waals surface area contributed by atoms with E-state index in [0.717, 1.165) is 25.9 Å². The molecule has 2 saturated heterocycles. The Labute approximate surface area is 129 Å². The van der Waals surface area contributed by atoms with E-state index in [-0.39, 0.29) is 0 Å². The lowest BCUT2D eigenvalue weighted by atomic mass is 9.84. The van der Waals surface area contributed by atoms with Crippen molar-refractivity contribution in [3.8, 4) is 0 Å². The highest BCUT2D eigenvalue weighted by molar-refractivity contribution is 7.88. The minimum absolute atomic E-state index is 0.444. The number of nitrogens with two attached hydrogens (primary N) is 1. The third kappa shape index (κ3) is 4.41. The fraction of sp³-hybridized carbons (Fsp3) is 1.00. The Morgan fingerprint density at radius 2 is 1.95 bits per heavy atom. The van der Waals surface area contributed by atoms with E-state index < -0.39 is 10.0 Å². The molecule has 0 aromatic carbocycles. The van der Waals surface area contributed by atoms with Gasteiger partial charge in [0.2, 0.25) is 10.0 Å². The lowest BCUT2D eigenvalue weighted by Gasteiger charge is -2.45. The van der Waals surface area contributed by atoms with Crippen LogP contribution in [0.15, 0.2) is 0 Å². The molecular weight excluding hydrogens is 286 g/mol. The van der Waals surface area contributed by atoms with Crippen molar-refractivity contribution in [2.24, 2.45) is 23.5 Å². The van der Waals surface area contributed by atoms with Crippen molar-refractivity contribution in [2.75, 3.05) is 39.0 Å². The van der Waals surface area contributed by atoms with Gasteiger partial charge >= 0.3 is 0 Å². The molecular formula is C15H31N3O2S. The minimum atomic E-state index is -3.05. The van der Waals surface area contributed by atoms with Crippen LogP contribution in [0.5, 0.6) is 0 Å². The van der Waals surface area contributed by atoms with Gasteiger partial charge in [-0.2, -0.15) is 0 Å². The molecule has 124 valence electrons. The third-order valence-corrected chi connectivity index (χ3v) is 6.40. The van der Waals surface area contributed by atoms with Gasteiger partial charge in [-0.15, -0.1) is 0 Å². The van der Waals surface area contributed by atoms with Crippen molar-refractivity contribution in [1.29, 1.82) is 0 Å². The van der Waals surface area contributed by atoms with Crippen LogP contribution in [0.1, 0.15) is 33.1 Å². The molecule has 2 N–H and O–H groups in total. The molecule has 0 aliphatic carbocycles. The molecule has 6 heteroatoms. The molecule has 5 nitrogen and oxygen atoms in total. The molecule has 0 spiro atoms. The summed E-state index contributed by atoms with van der Waals surface area (Å²) in [6.07, 6.45) is 4.67. The van der Waals surface area contributed by atoms with Crippen molar-refractivity contribution in [2.45, 2.75) is 39.2 Å². The van der Waals surface area contributed by atoms with E-state index in [4.69, 9.17) is 5.73 Å². The smallest absolute Gasteiger partial charge is 0.211 e. The van der Waals surface area contributed by atoms with E-state index in [1.807, 2.05) is 0 Å². The van der Waals surface area contributed by atoms with Crippen molar-refractivity contribution in [1.82, 2.24) is 9.21 Å². The maximum Gasteiger partial charge on any atom is 0.211 e. The van der Waals surface area contributed by atoms with Gasteiger partial charge in [0.1, 0.15) is 0 Å². The largest absolute Gasteiger partial charge is 0.329 e. The van der Waals surface area contributed by atoms with Gasteiger partial charge < -0.3 is 5.73 Å². The molecule has 2 heterocycles. The highest BCUT2D eigenvalue weighted by atomic mass is 32.2. The first-order valence-electron chi connectivity index (χ1n) is 8.20. The Balaban J connectivity index is 1.99. The SMILES string of the molecule is CC1CC(C)C(CN)N(CC2CCCN(S(C)(=O)=O)C2)C1. The fourth-order valence-electron chi connectivity index (χ4n) is 4.16. The normalized spacial score (nSPS) is 36.8. The second-order valence-corrected chi connectivity index (χ2v) is 9.19. The van der Waals surface area contributed by atoms with E-state index in [2.05, 4.69) is 18.7 Å². The highest BCUT2D eigenvalue weighted by Crippen LogP contribution is 2.29. The molecule has 0 bridgehead atoms. The Bertz CT molecular complexity index is 440. The first-order chi connectivity index (χ1) is 9.81. The van der Waals surface area contributed by atoms with Crippen LogP contribution < -0.4 is 5.73 Å². The zero-order valence-electron chi connectivity index (χ0n) is 13.7. The summed E-state index contributed by atoms with van der Waals surface area (Å²) in [5, 5.41) is 0. The van der Waals surface area contributed by atoms with Gasteiger partial charge in [-0.25, -0.2) is 12.7 Å². The molecule has 0 aromatic rings. The zero-order chi connectivity index (χ0) is 15.6. The van der Waals surface area contributed by atoms with Gasteiger partial charge in [-0.3, -0.25) is 4.90 Å². The van der Waals surface area contributed by atoms with Gasteiger partial charge in [0.05, 0.1) is 6.26 Å². The summed E-state index contributed by atoms with van der Waals surface area (Å²) in [6.45, 7) is 8.75. The van der Waals surface area contributed by atoms with E-state index in [1.54, 1.807) is 4.31 Å². The van der Waals surface area contributed by atoms with Crippen LogP contribution in [0.3, 0.4) is 0 Å². The lowest BCUT2D eigenvalue weighted by Crippen LogP contribution is -2.54. The quantitative estimate of drug-likeness (QED) is 0.839. The average Bonchev–Trinajstić information content (AvgIpc) is 2.37. The molecule has 2 aliphatic rings. The van der Waals surface area contributed by atoms with Crippen molar-refractivity contribution in [3.05, 3.63) is 0 Å². The molecule has 0 aromatic heterocycles. The molecule has 21 heavy (non-hydrogen) atoms. The number of rotatable bonds is 4. The fourth-order valence-corrected chi connectivity index (χ4v) is 5.10. The van der Waals surface area contributed by atoms with Gasteiger partial charge in [0, 0.05) is 38.8 Å². The van der Waals surface area contributed by atoms with Crippen LogP contribution in [-0.2, 0) is 10.0 Å². The predicted molar refractivity (Wildman–Crippen MR) is 86.5 cm³/mol. The van der Waals surface area contributed by atoms with Crippen molar-refractivity contribution in [3.63, 3.8) is 0 Å². The molecule has 2 fully saturated rings. The molecule has 4 unspecified atom stereocenters. The summed E-state index contributed by atoms with van der Waals surface area (Å²) in [5.41, 5.74) is 5.98. The zero-order valence-corrected chi connectivity index (χ0v) is 14.5. The van der Waals surface area contributed by atoms with Gasteiger partial charge in [-0.1, -0.05) is 13.8 Å². The highest BCUT2D eigenvalue weighted by Gasteiger charge is 2.34. The second-order valence-electron chi connectivity index (χ2n) is 7.20. The molecule has 0 radical (unpaired) electrons. The lowest BCUT2D eigenvalue weighted by molar-refractivity contribution is 0.0501. The van der Waals surface area contributed by atoms with Crippen LogP contribution in [0.2, 0.25) is 0 Å².